The molecule has 0 fully saturated rings. The Bertz CT molecular complexity index is 462. The van der Waals surface area contributed by atoms with Crippen LogP contribution in [0.2, 0.25) is 0 Å². The highest BCUT2D eigenvalue weighted by Crippen LogP contribution is 2.24. The fraction of sp³-hybridized carbons (Fsp3) is 0.0909. The summed E-state index contributed by atoms with van der Waals surface area (Å²) in [7, 11) is 0. The maximum absolute atomic E-state index is 10.5. The fourth-order valence-electron chi connectivity index (χ4n) is 1.28. The standard InChI is InChI=1S/C11H9NOS/c1-8-3-2-4-9(5-8)11-6-10(7-13)12-14-11/h2-7H,1H3. The van der Waals surface area contributed by atoms with E-state index < -0.39 is 0 Å². The summed E-state index contributed by atoms with van der Waals surface area (Å²) in [6.07, 6.45) is 0.774. The summed E-state index contributed by atoms with van der Waals surface area (Å²) in [5.74, 6) is 0. The normalized spacial score (nSPS) is 10.1. The molecule has 2 rings (SSSR count). The molecule has 1 aromatic heterocycles. The third-order valence-corrected chi connectivity index (χ3v) is 2.80. The van der Waals surface area contributed by atoms with Crippen LogP contribution in [0.1, 0.15) is 16.1 Å². The monoisotopic (exact) mass is 203 g/mol. The predicted octanol–water partition coefficient (Wildman–Crippen LogP) is 2.93. The Hall–Kier alpha value is -1.48. The van der Waals surface area contributed by atoms with Gasteiger partial charge in [-0.3, -0.25) is 4.79 Å². The molecule has 1 aromatic carbocycles. The molecule has 14 heavy (non-hydrogen) atoms. The number of nitrogens with zero attached hydrogens (tertiary/aromatic N) is 1. The second-order valence-electron chi connectivity index (χ2n) is 3.10. The molecule has 0 aliphatic rings. The van der Waals surface area contributed by atoms with Gasteiger partial charge in [-0.2, -0.15) is 4.37 Å². The summed E-state index contributed by atoms with van der Waals surface area (Å²) in [5, 5.41) is 0. The van der Waals surface area contributed by atoms with Crippen molar-refractivity contribution in [3.8, 4) is 10.4 Å². The molecule has 2 aromatic rings. The third kappa shape index (κ3) is 1.72. The molecule has 0 bridgehead atoms. The molecule has 0 N–H and O–H groups in total. The van der Waals surface area contributed by atoms with Gasteiger partial charge in [0, 0.05) is 0 Å². The van der Waals surface area contributed by atoms with Crippen molar-refractivity contribution >= 4 is 17.8 Å². The number of rotatable bonds is 2. The summed E-state index contributed by atoms with van der Waals surface area (Å²) in [4.78, 5) is 11.5. The second-order valence-corrected chi connectivity index (χ2v) is 3.91. The van der Waals surface area contributed by atoms with E-state index in [-0.39, 0.29) is 0 Å². The van der Waals surface area contributed by atoms with Gasteiger partial charge in [-0.1, -0.05) is 29.8 Å². The van der Waals surface area contributed by atoms with Crippen LogP contribution in [0.5, 0.6) is 0 Å². The van der Waals surface area contributed by atoms with E-state index in [0.29, 0.717) is 5.69 Å². The zero-order chi connectivity index (χ0) is 9.97. The SMILES string of the molecule is Cc1cccc(-c2cc(C=O)ns2)c1. The number of carbonyl (C=O) groups is 1. The van der Waals surface area contributed by atoms with Gasteiger partial charge in [0.05, 0.1) is 4.88 Å². The first kappa shape index (κ1) is 9.09. The van der Waals surface area contributed by atoms with Gasteiger partial charge in [-0.15, -0.1) is 0 Å². The number of aryl methyl sites for hydroxylation is 1. The zero-order valence-corrected chi connectivity index (χ0v) is 8.54. The fourth-order valence-corrected chi connectivity index (χ4v) is 1.98. The Balaban J connectivity index is 2.43. The van der Waals surface area contributed by atoms with Crippen molar-refractivity contribution in [1.29, 1.82) is 0 Å². The van der Waals surface area contributed by atoms with Gasteiger partial charge in [0.2, 0.25) is 0 Å². The highest BCUT2D eigenvalue weighted by atomic mass is 32.1. The molecule has 0 aliphatic heterocycles. The number of aromatic nitrogens is 1. The topological polar surface area (TPSA) is 30.0 Å². The van der Waals surface area contributed by atoms with Crippen molar-refractivity contribution in [2.45, 2.75) is 6.92 Å². The van der Waals surface area contributed by atoms with E-state index >= 15 is 0 Å². The summed E-state index contributed by atoms with van der Waals surface area (Å²) in [5.41, 5.74) is 2.84. The lowest BCUT2D eigenvalue weighted by atomic mass is 10.1. The maximum atomic E-state index is 10.5. The molecule has 0 saturated carbocycles. The molecule has 0 spiro atoms. The zero-order valence-electron chi connectivity index (χ0n) is 7.73. The van der Waals surface area contributed by atoms with Crippen molar-refractivity contribution < 1.29 is 4.79 Å². The van der Waals surface area contributed by atoms with Crippen molar-refractivity contribution in [2.24, 2.45) is 0 Å². The van der Waals surface area contributed by atoms with Crippen LogP contribution in [-0.4, -0.2) is 10.7 Å². The summed E-state index contributed by atoms with van der Waals surface area (Å²) < 4.78 is 4.01. The van der Waals surface area contributed by atoms with Crippen LogP contribution in [-0.2, 0) is 0 Å². The number of aldehydes is 1. The Morgan fingerprint density at radius 3 is 2.86 bits per heavy atom. The molecular weight excluding hydrogens is 194 g/mol. The van der Waals surface area contributed by atoms with E-state index in [4.69, 9.17) is 0 Å². The molecular formula is C11H9NOS. The molecule has 0 amide bonds. The minimum atomic E-state index is 0.506. The molecule has 0 saturated heterocycles. The average Bonchev–Trinajstić information content (AvgIpc) is 2.66. The maximum Gasteiger partial charge on any atom is 0.169 e. The number of benzene rings is 1. The molecule has 0 aliphatic carbocycles. The van der Waals surface area contributed by atoms with Gasteiger partial charge >= 0.3 is 0 Å². The van der Waals surface area contributed by atoms with Crippen LogP contribution in [0.25, 0.3) is 10.4 Å². The molecule has 0 atom stereocenters. The number of hydrogen-bond acceptors (Lipinski definition) is 3. The highest BCUT2D eigenvalue weighted by Gasteiger charge is 2.03. The lowest BCUT2D eigenvalue weighted by Crippen LogP contribution is -1.75. The van der Waals surface area contributed by atoms with Crippen LogP contribution >= 0.6 is 11.5 Å². The minimum absolute atomic E-state index is 0.506. The summed E-state index contributed by atoms with van der Waals surface area (Å²) >= 11 is 1.35. The van der Waals surface area contributed by atoms with Crippen LogP contribution < -0.4 is 0 Å². The van der Waals surface area contributed by atoms with E-state index in [2.05, 4.69) is 10.4 Å². The van der Waals surface area contributed by atoms with E-state index in [0.717, 1.165) is 16.7 Å². The Kier molecular flexibility index (Phi) is 2.41. The smallest absolute Gasteiger partial charge is 0.169 e. The highest BCUT2D eigenvalue weighted by molar-refractivity contribution is 7.09. The molecule has 70 valence electrons. The average molecular weight is 203 g/mol. The van der Waals surface area contributed by atoms with Crippen LogP contribution in [0.4, 0.5) is 0 Å². The van der Waals surface area contributed by atoms with Crippen LogP contribution in [0, 0.1) is 6.92 Å². The van der Waals surface area contributed by atoms with Crippen molar-refractivity contribution in [1.82, 2.24) is 4.37 Å². The Morgan fingerprint density at radius 1 is 1.36 bits per heavy atom. The number of hydrogen-bond donors (Lipinski definition) is 0. The van der Waals surface area contributed by atoms with E-state index in [1.54, 1.807) is 0 Å². The number of carbonyl (C=O) groups excluding carboxylic acids is 1. The first-order chi connectivity index (χ1) is 6.79. The summed E-state index contributed by atoms with van der Waals surface area (Å²) in [6.45, 7) is 2.05. The minimum Gasteiger partial charge on any atom is -0.296 e. The lowest BCUT2D eigenvalue weighted by molar-refractivity contribution is 0.112. The van der Waals surface area contributed by atoms with Crippen LogP contribution in [0.3, 0.4) is 0 Å². The molecule has 1 heterocycles. The first-order valence-electron chi connectivity index (χ1n) is 4.28. The van der Waals surface area contributed by atoms with E-state index in [1.807, 2.05) is 31.2 Å². The quantitative estimate of drug-likeness (QED) is 0.702. The van der Waals surface area contributed by atoms with Gasteiger partial charge < -0.3 is 0 Å². The van der Waals surface area contributed by atoms with Crippen LogP contribution in [0.15, 0.2) is 30.3 Å². The molecule has 2 nitrogen and oxygen atoms in total. The molecule has 3 heteroatoms. The largest absolute Gasteiger partial charge is 0.296 e. The van der Waals surface area contributed by atoms with Crippen molar-refractivity contribution in [3.05, 3.63) is 41.6 Å². The predicted molar refractivity (Wildman–Crippen MR) is 57.7 cm³/mol. The van der Waals surface area contributed by atoms with Crippen molar-refractivity contribution in [3.63, 3.8) is 0 Å². The first-order valence-corrected chi connectivity index (χ1v) is 5.06. The van der Waals surface area contributed by atoms with Crippen molar-refractivity contribution in [2.75, 3.05) is 0 Å². The van der Waals surface area contributed by atoms with E-state index in [1.165, 1.54) is 17.1 Å². The Morgan fingerprint density at radius 2 is 2.21 bits per heavy atom. The van der Waals surface area contributed by atoms with Gasteiger partial charge in [0.25, 0.3) is 0 Å². The molecule has 0 radical (unpaired) electrons. The van der Waals surface area contributed by atoms with Gasteiger partial charge in [0.1, 0.15) is 5.69 Å². The van der Waals surface area contributed by atoms with Gasteiger partial charge in [-0.05, 0) is 30.1 Å². The second kappa shape index (κ2) is 3.72. The van der Waals surface area contributed by atoms with E-state index in [9.17, 15) is 4.79 Å². The third-order valence-electron chi connectivity index (χ3n) is 1.95. The van der Waals surface area contributed by atoms with Gasteiger partial charge in [0.15, 0.2) is 6.29 Å². The Labute approximate surface area is 86.4 Å². The lowest BCUT2D eigenvalue weighted by Gasteiger charge is -1.96. The molecule has 0 unspecified atom stereocenters. The summed E-state index contributed by atoms with van der Waals surface area (Å²) in [6, 6.07) is 9.97. The van der Waals surface area contributed by atoms with Gasteiger partial charge in [-0.25, -0.2) is 0 Å².